The number of ether oxygens (including phenoxy) is 1. The van der Waals surface area contributed by atoms with Gasteiger partial charge in [-0.05, 0) is 0 Å². The van der Waals surface area contributed by atoms with Crippen molar-refractivity contribution in [2.75, 3.05) is 6.61 Å². The van der Waals surface area contributed by atoms with Crippen LogP contribution < -0.4 is 0 Å². The van der Waals surface area contributed by atoms with Crippen LogP contribution in [0, 0.1) is 4.64 Å². The SMILES string of the molecule is OC[C@H]1O[C@H](n2cnc3c(=S)nc[nH]c32)C[C@@H]1O. The summed E-state index contributed by atoms with van der Waals surface area (Å²) in [5, 5.41) is 18.8. The molecule has 0 spiro atoms. The monoisotopic (exact) mass is 268 g/mol. The molecule has 18 heavy (non-hydrogen) atoms. The summed E-state index contributed by atoms with van der Waals surface area (Å²) in [5.41, 5.74) is 1.30. The lowest BCUT2D eigenvalue weighted by molar-refractivity contribution is -0.0432. The van der Waals surface area contributed by atoms with E-state index >= 15 is 0 Å². The van der Waals surface area contributed by atoms with Gasteiger partial charge in [-0.1, -0.05) is 12.2 Å². The van der Waals surface area contributed by atoms with Crippen molar-refractivity contribution in [2.24, 2.45) is 0 Å². The Morgan fingerprint density at radius 3 is 3.11 bits per heavy atom. The van der Waals surface area contributed by atoms with Crippen molar-refractivity contribution in [1.82, 2.24) is 19.5 Å². The van der Waals surface area contributed by atoms with Gasteiger partial charge in [0.25, 0.3) is 0 Å². The first-order valence-electron chi connectivity index (χ1n) is 5.55. The fraction of sp³-hybridized carbons (Fsp3) is 0.500. The Balaban J connectivity index is 2.01. The van der Waals surface area contributed by atoms with Crippen molar-refractivity contribution >= 4 is 23.4 Å². The van der Waals surface area contributed by atoms with Crippen LogP contribution in [0.15, 0.2) is 12.7 Å². The average Bonchev–Trinajstić information content (AvgIpc) is 2.93. The van der Waals surface area contributed by atoms with E-state index in [-0.39, 0.29) is 12.8 Å². The topological polar surface area (TPSA) is 96.2 Å². The molecule has 1 aliphatic heterocycles. The third-order valence-corrected chi connectivity index (χ3v) is 3.37. The van der Waals surface area contributed by atoms with Gasteiger partial charge in [0.15, 0.2) is 4.64 Å². The van der Waals surface area contributed by atoms with Crippen LogP contribution in [0.4, 0.5) is 0 Å². The number of aliphatic hydroxyl groups is 2. The summed E-state index contributed by atoms with van der Waals surface area (Å²) >= 11 is 5.07. The Labute approximate surface area is 107 Å². The Morgan fingerprint density at radius 2 is 2.39 bits per heavy atom. The number of aromatic nitrogens is 4. The van der Waals surface area contributed by atoms with Gasteiger partial charge in [0.1, 0.15) is 23.5 Å². The molecule has 3 N–H and O–H groups in total. The Hall–Kier alpha value is -1.35. The number of aliphatic hydroxyl groups excluding tert-OH is 2. The molecule has 0 unspecified atom stereocenters. The average molecular weight is 268 g/mol. The second-order valence-electron chi connectivity index (χ2n) is 4.17. The van der Waals surface area contributed by atoms with Crippen LogP contribution in [0.25, 0.3) is 11.2 Å². The van der Waals surface area contributed by atoms with Crippen LogP contribution in [0.1, 0.15) is 12.6 Å². The Kier molecular flexibility index (Phi) is 2.86. The number of nitrogens with one attached hydrogen (secondary N) is 1. The molecule has 1 saturated heterocycles. The highest BCUT2D eigenvalue weighted by Gasteiger charge is 2.35. The minimum Gasteiger partial charge on any atom is -0.394 e. The molecule has 7 nitrogen and oxygen atoms in total. The molecule has 1 aliphatic rings. The molecule has 0 aromatic carbocycles. The minimum absolute atomic E-state index is 0.206. The second-order valence-corrected chi connectivity index (χ2v) is 4.56. The van der Waals surface area contributed by atoms with Gasteiger partial charge in [0.2, 0.25) is 0 Å². The number of imidazole rings is 1. The molecule has 8 heteroatoms. The summed E-state index contributed by atoms with van der Waals surface area (Å²) in [6.45, 7) is -0.206. The summed E-state index contributed by atoms with van der Waals surface area (Å²) in [6.07, 6.45) is 1.89. The fourth-order valence-corrected chi connectivity index (χ4v) is 2.34. The molecule has 3 heterocycles. The number of aromatic amines is 1. The first kappa shape index (κ1) is 11.7. The highest BCUT2D eigenvalue weighted by Crippen LogP contribution is 2.30. The van der Waals surface area contributed by atoms with E-state index in [1.54, 1.807) is 10.9 Å². The maximum atomic E-state index is 9.72. The van der Waals surface area contributed by atoms with Crippen LogP contribution in [0.3, 0.4) is 0 Å². The summed E-state index contributed by atoms with van der Waals surface area (Å²) in [5.74, 6) is 0. The third kappa shape index (κ3) is 1.74. The van der Waals surface area contributed by atoms with Gasteiger partial charge >= 0.3 is 0 Å². The summed E-state index contributed by atoms with van der Waals surface area (Å²) in [6, 6.07) is 0. The first-order valence-corrected chi connectivity index (χ1v) is 5.96. The van der Waals surface area contributed by atoms with E-state index in [1.807, 2.05) is 0 Å². The molecule has 2 aromatic heterocycles. The van der Waals surface area contributed by atoms with Gasteiger partial charge in [-0.15, -0.1) is 0 Å². The molecule has 0 bridgehead atoms. The molecule has 3 atom stereocenters. The van der Waals surface area contributed by atoms with Crippen molar-refractivity contribution in [3.8, 4) is 0 Å². The molecule has 1 fully saturated rings. The van der Waals surface area contributed by atoms with Crippen LogP contribution in [0.5, 0.6) is 0 Å². The van der Waals surface area contributed by atoms with Gasteiger partial charge in [-0.3, -0.25) is 4.57 Å². The number of fused-ring (bicyclic) bond motifs is 1. The van der Waals surface area contributed by atoms with Gasteiger partial charge < -0.3 is 19.9 Å². The van der Waals surface area contributed by atoms with Gasteiger partial charge in [0, 0.05) is 6.42 Å². The van der Waals surface area contributed by atoms with E-state index in [0.29, 0.717) is 22.2 Å². The quantitative estimate of drug-likeness (QED) is 0.670. The smallest absolute Gasteiger partial charge is 0.157 e. The van der Waals surface area contributed by atoms with Crippen molar-refractivity contribution in [3.63, 3.8) is 0 Å². The number of rotatable bonds is 2. The zero-order valence-electron chi connectivity index (χ0n) is 9.35. The van der Waals surface area contributed by atoms with E-state index < -0.39 is 12.2 Å². The van der Waals surface area contributed by atoms with Crippen LogP contribution in [0.2, 0.25) is 0 Å². The largest absolute Gasteiger partial charge is 0.394 e. The molecule has 0 aliphatic carbocycles. The predicted molar refractivity (Wildman–Crippen MR) is 64.3 cm³/mol. The predicted octanol–water partition coefficient (Wildman–Crippen LogP) is 0.130. The highest BCUT2D eigenvalue weighted by molar-refractivity contribution is 7.71. The number of H-pyrrole nitrogens is 1. The number of hydrogen-bond acceptors (Lipinski definition) is 6. The van der Waals surface area contributed by atoms with E-state index in [4.69, 9.17) is 22.1 Å². The number of nitrogens with zero attached hydrogens (tertiary/aromatic N) is 3. The maximum absolute atomic E-state index is 9.72. The standard InChI is InChI=1S/C10H12N4O3S/c15-2-6-5(16)1-7(17-6)14-4-13-8-9(14)11-3-12-10(8)18/h3-7,15-16H,1-2H2,(H,11,12,18)/t5-,6+,7-/m0/s1. The minimum atomic E-state index is -0.678. The van der Waals surface area contributed by atoms with Crippen LogP contribution in [-0.4, -0.2) is 48.5 Å². The van der Waals surface area contributed by atoms with Crippen molar-refractivity contribution < 1.29 is 14.9 Å². The zero-order chi connectivity index (χ0) is 12.7. The molecule has 0 amide bonds. The zero-order valence-corrected chi connectivity index (χ0v) is 10.2. The summed E-state index contributed by atoms with van der Waals surface area (Å²) < 4.78 is 7.74. The third-order valence-electron chi connectivity index (χ3n) is 3.07. The molecular formula is C10H12N4O3S. The molecule has 2 aromatic rings. The van der Waals surface area contributed by atoms with Crippen molar-refractivity contribution in [1.29, 1.82) is 0 Å². The maximum Gasteiger partial charge on any atom is 0.157 e. The lowest BCUT2D eigenvalue weighted by Crippen LogP contribution is -2.24. The fourth-order valence-electron chi connectivity index (χ4n) is 2.14. The molecule has 96 valence electrons. The van der Waals surface area contributed by atoms with Crippen LogP contribution in [-0.2, 0) is 4.74 Å². The summed E-state index contributed by atoms with van der Waals surface area (Å²) in [7, 11) is 0. The number of hydrogen-bond donors (Lipinski definition) is 3. The summed E-state index contributed by atoms with van der Waals surface area (Å²) in [4.78, 5) is 11.1. The van der Waals surface area contributed by atoms with Crippen molar-refractivity contribution in [2.45, 2.75) is 24.9 Å². The van der Waals surface area contributed by atoms with Crippen LogP contribution >= 0.6 is 12.2 Å². The lowest BCUT2D eigenvalue weighted by Gasteiger charge is -2.13. The van der Waals surface area contributed by atoms with E-state index in [2.05, 4.69) is 15.0 Å². The molecular weight excluding hydrogens is 256 g/mol. The van der Waals surface area contributed by atoms with Crippen molar-refractivity contribution in [3.05, 3.63) is 17.3 Å². The van der Waals surface area contributed by atoms with Gasteiger partial charge in [-0.25, -0.2) is 9.97 Å². The highest BCUT2D eigenvalue weighted by atomic mass is 32.1. The lowest BCUT2D eigenvalue weighted by atomic mass is 10.2. The van der Waals surface area contributed by atoms with E-state index in [9.17, 15) is 5.11 Å². The second kappa shape index (κ2) is 4.39. The normalized spacial score (nSPS) is 28.0. The Bertz CT molecular complexity index is 625. The molecule has 0 radical (unpaired) electrons. The Morgan fingerprint density at radius 1 is 1.56 bits per heavy atom. The molecule has 3 rings (SSSR count). The van der Waals surface area contributed by atoms with Gasteiger partial charge in [-0.2, -0.15) is 0 Å². The first-order chi connectivity index (χ1) is 8.70. The van der Waals surface area contributed by atoms with E-state index in [0.717, 1.165) is 0 Å². The molecule has 0 saturated carbocycles. The van der Waals surface area contributed by atoms with E-state index in [1.165, 1.54) is 6.33 Å². The van der Waals surface area contributed by atoms with Gasteiger partial charge in [0.05, 0.1) is 25.4 Å².